The predicted octanol–water partition coefficient (Wildman–Crippen LogP) is 1.87. The highest BCUT2D eigenvalue weighted by atomic mass is 16.3. The lowest BCUT2D eigenvalue weighted by Crippen LogP contribution is -2.34. The summed E-state index contributed by atoms with van der Waals surface area (Å²) in [6.07, 6.45) is 2.41. The third kappa shape index (κ3) is 4.49. The number of rotatable bonds is 5. The first-order valence-electron chi connectivity index (χ1n) is 5.57. The van der Waals surface area contributed by atoms with Gasteiger partial charge in [-0.25, -0.2) is 4.98 Å². The van der Waals surface area contributed by atoms with E-state index in [2.05, 4.69) is 24.1 Å². The first kappa shape index (κ1) is 12.8. The summed E-state index contributed by atoms with van der Waals surface area (Å²) in [6, 6.07) is 3.59. The first-order valence-corrected chi connectivity index (χ1v) is 5.57. The van der Waals surface area contributed by atoms with Crippen LogP contribution in [0.15, 0.2) is 18.3 Å². The van der Waals surface area contributed by atoms with E-state index in [9.17, 15) is 5.11 Å². The summed E-state index contributed by atoms with van der Waals surface area (Å²) in [6.45, 7) is 6.54. The molecule has 0 saturated carbocycles. The van der Waals surface area contributed by atoms with Gasteiger partial charge in [-0.3, -0.25) is 0 Å². The molecule has 0 saturated heterocycles. The number of aliphatic hydroxyl groups is 1. The summed E-state index contributed by atoms with van der Waals surface area (Å²) in [7, 11) is 0. The normalized spacial score (nSPS) is 14.8. The van der Waals surface area contributed by atoms with Crippen molar-refractivity contribution >= 4 is 11.5 Å². The summed E-state index contributed by atoms with van der Waals surface area (Å²) in [5.41, 5.74) is 5.75. The van der Waals surface area contributed by atoms with Crippen LogP contribution in [0.1, 0.15) is 27.2 Å². The van der Waals surface area contributed by atoms with E-state index in [0.29, 0.717) is 18.3 Å². The molecule has 1 heterocycles. The topological polar surface area (TPSA) is 71.2 Å². The Morgan fingerprint density at radius 1 is 1.56 bits per heavy atom. The van der Waals surface area contributed by atoms with Gasteiger partial charge >= 0.3 is 0 Å². The molecule has 1 aromatic rings. The Hall–Kier alpha value is -1.29. The molecule has 0 aromatic carbocycles. The lowest BCUT2D eigenvalue weighted by atomic mass is 9.94. The van der Waals surface area contributed by atoms with Gasteiger partial charge in [0, 0.05) is 24.5 Å². The fraction of sp³-hybridized carbons (Fsp3) is 0.583. The largest absolute Gasteiger partial charge is 0.388 e. The van der Waals surface area contributed by atoms with Crippen molar-refractivity contribution in [2.24, 2.45) is 5.92 Å². The highest BCUT2D eigenvalue weighted by molar-refractivity contribution is 5.49. The van der Waals surface area contributed by atoms with Crippen LogP contribution < -0.4 is 11.1 Å². The molecule has 16 heavy (non-hydrogen) atoms. The summed E-state index contributed by atoms with van der Waals surface area (Å²) in [5, 5.41) is 13.3. The van der Waals surface area contributed by atoms with Gasteiger partial charge in [0.2, 0.25) is 0 Å². The molecule has 1 aromatic heterocycles. The predicted molar refractivity (Wildman–Crippen MR) is 67.2 cm³/mol. The summed E-state index contributed by atoms with van der Waals surface area (Å²) >= 11 is 0. The number of nitrogens with two attached hydrogens (primary N) is 1. The second-order valence-electron chi connectivity index (χ2n) is 4.92. The first-order chi connectivity index (χ1) is 7.39. The molecular formula is C12H21N3O. The Balaban J connectivity index is 2.50. The lowest BCUT2D eigenvalue weighted by molar-refractivity contribution is 0.0515. The van der Waals surface area contributed by atoms with Gasteiger partial charge in [0.1, 0.15) is 5.82 Å². The maximum Gasteiger partial charge on any atom is 0.125 e. The number of nitrogens with zero attached hydrogens (tertiary/aromatic N) is 1. The minimum absolute atomic E-state index is 0.472. The smallest absolute Gasteiger partial charge is 0.125 e. The van der Waals surface area contributed by atoms with Gasteiger partial charge in [0.05, 0.1) is 5.60 Å². The molecule has 0 aliphatic rings. The van der Waals surface area contributed by atoms with Crippen molar-refractivity contribution in [2.75, 3.05) is 17.6 Å². The van der Waals surface area contributed by atoms with Crippen molar-refractivity contribution in [1.29, 1.82) is 0 Å². The maximum absolute atomic E-state index is 10.1. The van der Waals surface area contributed by atoms with Crippen molar-refractivity contribution in [2.45, 2.75) is 32.8 Å². The molecule has 1 rings (SSSR count). The van der Waals surface area contributed by atoms with Gasteiger partial charge in [-0.1, -0.05) is 13.8 Å². The molecule has 0 aliphatic heterocycles. The molecule has 0 fully saturated rings. The fourth-order valence-electron chi connectivity index (χ4n) is 1.80. The van der Waals surface area contributed by atoms with E-state index in [-0.39, 0.29) is 0 Å². The minimum atomic E-state index is -0.702. The third-order valence-corrected chi connectivity index (χ3v) is 2.30. The zero-order chi connectivity index (χ0) is 12.2. The van der Waals surface area contributed by atoms with E-state index in [1.807, 2.05) is 13.0 Å². The number of aromatic nitrogens is 1. The second-order valence-corrected chi connectivity index (χ2v) is 4.92. The van der Waals surface area contributed by atoms with Gasteiger partial charge in [-0.2, -0.15) is 0 Å². The van der Waals surface area contributed by atoms with Crippen LogP contribution in [-0.4, -0.2) is 22.2 Å². The zero-order valence-electron chi connectivity index (χ0n) is 10.2. The van der Waals surface area contributed by atoms with Gasteiger partial charge in [-0.15, -0.1) is 0 Å². The van der Waals surface area contributed by atoms with Crippen molar-refractivity contribution < 1.29 is 5.11 Å². The van der Waals surface area contributed by atoms with Gasteiger partial charge in [-0.05, 0) is 25.3 Å². The number of nitrogens with one attached hydrogen (secondary N) is 1. The van der Waals surface area contributed by atoms with E-state index >= 15 is 0 Å². The number of hydrogen-bond donors (Lipinski definition) is 3. The standard InChI is InChI=1S/C12H21N3O/c1-9(2)7-12(3,16)8-15-10-4-5-14-11(13)6-10/h4-6,9,16H,7-8H2,1-3H3,(H3,13,14,15). The zero-order valence-corrected chi connectivity index (χ0v) is 10.2. The average Bonchev–Trinajstić information content (AvgIpc) is 2.13. The van der Waals surface area contributed by atoms with E-state index in [1.54, 1.807) is 12.3 Å². The van der Waals surface area contributed by atoms with Crippen molar-refractivity contribution in [1.82, 2.24) is 4.98 Å². The van der Waals surface area contributed by atoms with Crippen molar-refractivity contribution in [3.05, 3.63) is 18.3 Å². The van der Waals surface area contributed by atoms with Gasteiger partial charge in [0.25, 0.3) is 0 Å². The minimum Gasteiger partial charge on any atom is -0.388 e. The van der Waals surface area contributed by atoms with Crippen LogP contribution in [0.25, 0.3) is 0 Å². The van der Waals surface area contributed by atoms with Crippen LogP contribution >= 0.6 is 0 Å². The monoisotopic (exact) mass is 223 g/mol. The Bertz CT molecular complexity index is 337. The molecule has 0 radical (unpaired) electrons. The number of hydrogen-bond acceptors (Lipinski definition) is 4. The molecule has 0 aliphatic carbocycles. The van der Waals surface area contributed by atoms with Crippen LogP contribution in [0.5, 0.6) is 0 Å². The van der Waals surface area contributed by atoms with E-state index in [1.165, 1.54) is 0 Å². The quantitative estimate of drug-likeness (QED) is 0.712. The summed E-state index contributed by atoms with van der Waals surface area (Å²) in [4.78, 5) is 3.91. The number of anilines is 2. The van der Waals surface area contributed by atoms with Crippen LogP contribution in [0.4, 0.5) is 11.5 Å². The molecule has 4 heteroatoms. The Labute approximate surface area is 96.9 Å². The Morgan fingerprint density at radius 2 is 2.25 bits per heavy atom. The molecule has 4 N–H and O–H groups in total. The van der Waals surface area contributed by atoms with Gasteiger partial charge in [0.15, 0.2) is 0 Å². The van der Waals surface area contributed by atoms with Crippen LogP contribution in [-0.2, 0) is 0 Å². The number of nitrogen functional groups attached to an aromatic ring is 1. The molecular weight excluding hydrogens is 202 g/mol. The molecule has 1 unspecified atom stereocenters. The highest BCUT2D eigenvalue weighted by Crippen LogP contribution is 2.17. The summed E-state index contributed by atoms with van der Waals surface area (Å²) in [5.74, 6) is 0.952. The van der Waals surface area contributed by atoms with Crippen LogP contribution in [0.3, 0.4) is 0 Å². The van der Waals surface area contributed by atoms with Crippen LogP contribution in [0.2, 0.25) is 0 Å². The second kappa shape index (κ2) is 5.16. The van der Waals surface area contributed by atoms with E-state index in [0.717, 1.165) is 12.1 Å². The molecule has 0 spiro atoms. The Kier molecular flexibility index (Phi) is 4.12. The highest BCUT2D eigenvalue weighted by Gasteiger charge is 2.21. The molecule has 1 atom stereocenters. The van der Waals surface area contributed by atoms with E-state index in [4.69, 9.17) is 5.73 Å². The molecule has 0 amide bonds. The molecule has 0 bridgehead atoms. The van der Waals surface area contributed by atoms with E-state index < -0.39 is 5.60 Å². The lowest BCUT2D eigenvalue weighted by Gasteiger charge is -2.26. The van der Waals surface area contributed by atoms with Crippen molar-refractivity contribution in [3.63, 3.8) is 0 Å². The molecule has 90 valence electrons. The van der Waals surface area contributed by atoms with Crippen LogP contribution in [0, 0.1) is 5.92 Å². The Morgan fingerprint density at radius 3 is 2.81 bits per heavy atom. The van der Waals surface area contributed by atoms with Gasteiger partial charge < -0.3 is 16.2 Å². The number of pyridine rings is 1. The fourth-order valence-corrected chi connectivity index (χ4v) is 1.80. The maximum atomic E-state index is 10.1. The third-order valence-electron chi connectivity index (χ3n) is 2.30. The molecule has 4 nitrogen and oxygen atoms in total. The SMILES string of the molecule is CC(C)CC(C)(O)CNc1ccnc(N)c1. The van der Waals surface area contributed by atoms with Crippen molar-refractivity contribution in [3.8, 4) is 0 Å². The average molecular weight is 223 g/mol. The summed E-state index contributed by atoms with van der Waals surface area (Å²) < 4.78 is 0.